The van der Waals surface area contributed by atoms with Crippen molar-refractivity contribution in [2.75, 3.05) is 13.7 Å². The average molecular weight is 207 g/mol. The Morgan fingerprint density at radius 1 is 1.40 bits per heavy atom. The SMILES string of the molecule is CCc1ccc(C(CN)C(=O)OC)cc1. The fraction of sp³-hybridized carbons (Fsp3) is 0.417. The van der Waals surface area contributed by atoms with Crippen LogP contribution in [0.25, 0.3) is 0 Å². The maximum absolute atomic E-state index is 11.4. The standard InChI is InChI=1S/C12H17NO2/c1-3-9-4-6-10(7-5-9)11(8-13)12(14)15-2/h4-7,11H,3,8,13H2,1-2H3. The van der Waals surface area contributed by atoms with Crippen LogP contribution < -0.4 is 5.73 Å². The number of hydrogen-bond acceptors (Lipinski definition) is 3. The van der Waals surface area contributed by atoms with Crippen LogP contribution in [0.15, 0.2) is 24.3 Å². The molecule has 0 radical (unpaired) electrons. The minimum atomic E-state index is -0.346. The molecule has 0 spiro atoms. The Bertz CT molecular complexity index is 319. The Balaban J connectivity index is 2.87. The highest BCUT2D eigenvalue weighted by Crippen LogP contribution is 2.17. The van der Waals surface area contributed by atoms with Crippen molar-refractivity contribution < 1.29 is 9.53 Å². The lowest BCUT2D eigenvalue weighted by Gasteiger charge is -2.12. The molecular weight excluding hydrogens is 190 g/mol. The van der Waals surface area contributed by atoms with Gasteiger partial charge in [-0.1, -0.05) is 31.2 Å². The first-order valence-corrected chi connectivity index (χ1v) is 5.09. The van der Waals surface area contributed by atoms with Gasteiger partial charge in [-0.2, -0.15) is 0 Å². The maximum Gasteiger partial charge on any atom is 0.314 e. The summed E-state index contributed by atoms with van der Waals surface area (Å²) < 4.78 is 4.70. The Hall–Kier alpha value is -1.35. The molecular formula is C12H17NO2. The molecule has 0 amide bonds. The molecule has 15 heavy (non-hydrogen) atoms. The van der Waals surface area contributed by atoms with E-state index in [9.17, 15) is 4.79 Å². The molecule has 1 unspecified atom stereocenters. The highest BCUT2D eigenvalue weighted by Gasteiger charge is 2.19. The van der Waals surface area contributed by atoms with Gasteiger partial charge in [0, 0.05) is 6.54 Å². The van der Waals surface area contributed by atoms with E-state index in [4.69, 9.17) is 10.5 Å². The van der Waals surface area contributed by atoms with E-state index in [0.717, 1.165) is 12.0 Å². The Morgan fingerprint density at radius 2 is 2.00 bits per heavy atom. The van der Waals surface area contributed by atoms with Gasteiger partial charge in [0.05, 0.1) is 13.0 Å². The van der Waals surface area contributed by atoms with Gasteiger partial charge < -0.3 is 10.5 Å². The minimum absolute atomic E-state index is 0.276. The van der Waals surface area contributed by atoms with Crippen LogP contribution in [0.3, 0.4) is 0 Å². The number of hydrogen-bond donors (Lipinski definition) is 1. The average Bonchev–Trinajstić information content (AvgIpc) is 2.30. The number of carbonyl (C=O) groups is 1. The largest absolute Gasteiger partial charge is 0.469 e. The number of ether oxygens (including phenoxy) is 1. The Morgan fingerprint density at radius 3 is 2.40 bits per heavy atom. The number of methoxy groups -OCH3 is 1. The fourth-order valence-electron chi connectivity index (χ4n) is 1.50. The number of carbonyl (C=O) groups excluding carboxylic acids is 1. The third kappa shape index (κ3) is 2.80. The molecule has 0 bridgehead atoms. The van der Waals surface area contributed by atoms with E-state index >= 15 is 0 Å². The summed E-state index contributed by atoms with van der Waals surface area (Å²) in [7, 11) is 1.38. The van der Waals surface area contributed by atoms with Gasteiger partial charge >= 0.3 is 5.97 Å². The third-order valence-electron chi connectivity index (χ3n) is 2.51. The Kier molecular flexibility index (Phi) is 4.31. The van der Waals surface area contributed by atoms with Gasteiger partial charge in [-0.15, -0.1) is 0 Å². The van der Waals surface area contributed by atoms with Crippen molar-refractivity contribution in [3.63, 3.8) is 0 Å². The second kappa shape index (κ2) is 5.51. The molecule has 0 aliphatic heterocycles. The lowest BCUT2D eigenvalue weighted by Crippen LogP contribution is -2.22. The zero-order valence-electron chi connectivity index (χ0n) is 9.19. The summed E-state index contributed by atoms with van der Waals surface area (Å²) in [6.07, 6.45) is 0.992. The first-order chi connectivity index (χ1) is 7.22. The molecule has 1 rings (SSSR count). The van der Waals surface area contributed by atoms with Crippen molar-refractivity contribution in [1.29, 1.82) is 0 Å². The number of rotatable bonds is 4. The van der Waals surface area contributed by atoms with Gasteiger partial charge in [0.2, 0.25) is 0 Å². The van der Waals surface area contributed by atoms with Crippen LogP contribution in [0.4, 0.5) is 0 Å². The van der Waals surface area contributed by atoms with Crippen molar-refractivity contribution in [3.8, 4) is 0 Å². The molecule has 0 saturated heterocycles. The number of aryl methyl sites for hydroxylation is 1. The maximum atomic E-state index is 11.4. The van der Waals surface area contributed by atoms with Crippen molar-refractivity contribution in [2.45, 2.75) is 19.3 Å². The molecule has 0 aliphatic carbocycles. The van der Waals surface area contributed by atoms with Crippen molar-refractivity contribution >= 4 is 5.97 Å². The molecule has 3 nitrogen and oxygen atoms in total. The van der Waals surface area contributed by atoms with Crippen molar-refractivity contribution in [3.05, 3.63) is 35.4 Å². The molecule has 82 valence electrons. The van der Waals surface area contributed by atoms with E-state index < -0.39 is 0 Å². The van der Waals surface area contributed by atoms with Gasteiger partial charge in [-0.25, -0.2) is 0 Å². The zero-order valence-corrected chi connectivity index (χ0v) is 9.19. The van der Waals surface area contributed by atoms with Crippen LogP contribution in [0.2, 0.25) is 0 Å². The van der Waals surface area contributed by atoms with Crippen LogP contribution in [0.1, 0.15) is 24.0 Å². The van der Waals surface area contributed by atoms with Gasteiger partial charge in [-0.3, -0.25) is 4.79 Å². The normalized spacial score (nSPS) is 12.2. The first kappa shape index (κ1) is 11.7. The van der Waals surface area contributed by atoms with Gasteiger partial charge in [0.25, 0.3) is 0 Å². The molecule has 1 aromatic rings. The van der Waals surface area contributed by atoms with E-state index in [2.05, 4.69) is 6.92 Å². The lowest BCUT2D eigenvalue weighted by atomic mass is 9.98. The molecule has 2 N–H and O–H groups in total. The highest BCUT2D eigenvalue weighted by molar-refractivity contribution is 5.78. The van der Waals surface area contributed by atoms with Crippen LogP contribution >= 0.6 is 0 Å². The summed E-state index contributed by atoms with van der Waals surface area (Å²) >= 11 is 0. The van der Waals surface area contributed by atoms with Gasteiger partial charge in [-0.05, 0) is 17.5 Å². The first-order valence-electron chi connectivity index (χ1n) is 5.09. The predicted octanol–water partition coefficient (Wildman–Crippen LogP) is 1.46. The molecule has 0 fully saturated rings. The van der Waals surface area contributed by atoms with Gasteiger partial charge in [0.1, 0.15) is 0 Å². The number of esters is 1. The number of nitrogens with two attached hydrogens (primary N) is 1. The zero-order chi connectivity index (χ0) is 11.3. The molecule has 1 aromatic carbocycles. The summed E-state index contributed by atoms with van der Waals surface area (Å²) in [5, 5.41) is 0. The Labute approximate surface area is 90.2 Å². The molecule has 0 aromatic heterocycles. The smallest absolute Gasteiger partial charge is 0.314 e. The van der Waals surface area contributed by atoms with E-state index in [-0.39, 0.29) is 18.4 Å². The summed E-state index contributed by atoms with van der Waals surface area (Å²) in [4.78, 5) is 11.4. The summed E-state index contributed by atoms with van der Waals surface area (Å²) in [6, 6.07) is 7.91. The second-order valence-electron chi connectivity index (χ2n) is 3.41. The van der Waals surface area contributed by atoms with E-state index in [1.165, 1.54) is 12.7 Å². The van der Waals surface area contributed by atoms with Crippen LogP contribution in [-0.2, 0) is 16.0 Å². The quantitative estimate of drug-likeness (QED) is 0.760. The monoisotopic (exact) mass is 207 g/mol. The molecule has 0 saturated carbocycles. The molecule has 0 aliphatic rings. The summed E-state index contributed by atoms with van der Waals surface area (Å²) in [6.45, 7) is 2.37. The number of benzene rings is 1. The topological polar surface area (TPSA) is 52.3 Å². The summed E-state index contributed by atoms with van der Waals surface area (Å²) in [5.74, 6) is -0.623. The van der Waals surface area contributed by atoms with Crippen LogP contribution in [0, 0.1) is 0 Å². The summed E-state index contributed by atoms with van der Waals surface area (Å²) in [5.41, 5.74) is 7.72. The van der Waals surface area contributed by atoms with Crippen molar-refractivity contribution in [2.24, 2.45) is 5.73 Å². The van der Waals surface area contributed by atoms with Crippen LogP contribution in [-0.4, -0.2) is 19.6 Å². The predicted molar refractivity (Wildman–Crippen MR) is 59.6 cm³/mol. The lowest BCUT2D eigenvalue weighted by molar-refractivity contribution is -0.142. The van der Waals surface area contributed by atoms with E-state index in [1.54, 1.807) is 0 Å². The van der Waals surface area contributed by atoms with E-state index in [1.807, 2.05) is 24.3 Å². The third-order valence-corrected chi connectivity index (χ3v) is 2.51. The molecule has 0 heterocycles. The van der Waals surface area contributed by atoms with E-state index in [0.29, 0.717) is 0 Å². The molecule has 1 atom stereocenters. The van der Waals surface area contributed by atoms with Crippen LogP contribution in [0.5, 0.6) is 0 Å². The highest BCUT2D eigenvalue weighted by atomic mass is 16.5. The fourth-order valence-corrected chi connectivity index (χ4v) is 1.50. The minimum Gasteiger partial charge on any atom is -0.469 e. The second-order valence-corrected chi connectivity index (χ2v) is 3.41. The molecule has 3 heteroatoms. The van der Waals surface area contributed by atoms with Crippen molar-refractivity contribution in [1.82, 2.24) is 0 Å². The van der Waals surface area contributed by atoms with Gasteiger partial charge in [0.15, 0.2) is 0 Å².